The Morgan fingerprint density at radius 3 is 2.59 bits per heavy atom. The average molecular weight is 396 g/mol. The molecule has 0 amide bonds. The Kier molecular flexibility index (Phi) is 6.49. The lowest BCUT2D eigenvalue weighted by molar-refractivity contribution is -0.142. The predicted molar refractivity (Wildman–Crippen MR) is 108 cm³/mol. The molecule has 0 saturated heterocycles. The number of carboxylic acid groups (broad SMARTS) is 1. The van der Waals surface area contributed by atoms with Crippen LogP contribution in [0.15, 0.2) is 42.6 Å². The van der Waals surface area contributed by atoms with E-state index in [4.69, 9.17) is 9.47 Å². The van der Waals surface area contributed by atoms with Crippen molar-refractivity contribution in [3.63, 3.8) is 0 Å². The monoisotopic (exact) mass is 396 g/mol. The number of pyridine rings is 1. The Morgan fingerprint density at radius 1 is 1.17 bits per heavy atom. The van der Waals surface area contributed by atoms with Crippen LogP contribution in [0.25, 0.3) is 11.0 Å². The van der Waals surface area contributed by atoms with E-state index in [9.17, 15) is 14.7 Å². The standard InChI is InChI=1S/C22H24N2O5/c1-3-29-21(27)13-18-17-5-4-12-23-22(17)24(19(18)10-11-20(25)26)14-15-6-8-16(28-2)9-7-15/h4-9,12H,3,10-11,13-14H2,1-2H3,(H,25,26). The third-order valence-corrected chi connectivity index (χ3v) is 4.74. The number of carbonyl (C=O) groups is 2. The first-order valence-corrected chi connectivity index (χ1v) is 9.48. The summed E-state index contributed by atoms with van der Waals surface area (Å²) in [6, 6.07) is 11.4. The topological polar surface area (TPSA) is 90.7 Å². The van der Waals surface area contributed by atoms with E-state index in [-0.39, 0.29) is 18.8 Å². The van der Waals surface area contributed by atoms with E-state index in [1.54, 1.807) is 20.2 Å². The lowest BCUT2D eigenvalue weighted by atomic mass is 10.1. The second-order valence-corrected chi connectivity index (χ2v) is 6.61. The number of rotatable bonds is 9. The number of nitrogens with zero attached hydrogens (tertiary/aromatic N) is 2. The highest BCUT2D eigenvalue weighted by Crippen LogP contribution is 2.28. The van der Waals surface area contributed by atoms with Crippen LogP contribution in [0.1, 0.15) is 30.2 Å². The molecule has 7 nitrogen and oxygen atoms in total. The van der Waals surface area contributed by atoms with E-state index in [0.717, 1.165) is 33.6 Å². The minimum atomic E-state index is -0.888. The first kappa shape index (κ1) is 20.4. The molecule has 3 aromatic rings. The quantitative estimate of drug-likeness (QED) is 0.559. The molecule has 0 aliphatic rings. The van der Waals surface area contributed by atoms with Gasteiger partial charge in [-0.05, 0) is 48.7 Å². The Labute approximate surface area is 168 Å². The minimum absolute atomic E-state index is 0.0330. The molecule has 152 valence electrons. The Balaban J connectivity index is 2.08. The molecule has 29 heavy (non-hydrogen) atoms. The Hall–Kier alpha value is -3.35. The number of methoxy groups -OCH3 is 1. The molecule has 0 radical (unpaired) electrons. The number of aromatic nitrogens is 2. The molecule has 0 aliphatic carbocycles. The van der Waals surface area contributed by atoms with Crippen LogP contribution in [0.3, 0.4) is 0 Å². The van der Waals surface area contributed by atoms with Crippen LogP contribution in [0.4, 0.5) is 0 Å². The van der Waals surface area contributed by atoms with Crippen LogP contribution < -0.4 is 4.74 Å². The highest BCUT2D eigenvalue weighted by atomic mass is 16.5. The largest absolute Gasteiger partial charge is 0.497 e. The number of esters is 1. The van der Waals surface area contributed by atoms with E-state index in [2.05, 4.69) is 4.98 Å². The zero-order valence-corrected chi connectivity index (χ0v) is 16.6. The summed E-state index contributed by atoms with van der Waals surface area (Å²) < 4.78 is 12.3. The zero-order chi connectivity index (χ0) is 20.8. The lowest BCUT2D eigenvalue weighted by Gasteiger charge is -2.12. The molecule has 1 aromatic carbocycles. The molecule has 0 atom stereocenters. The highest BCUT2D eigenvalue weighted by molar-refractivity contribution is 5.87. The number of fused-ring (bicyclic) bond motifs is 1. The third kappa shape index (κ3) is 4.74. The van der Waals surface area contributed by atoms with Crippen LogP contribution in [-0.4, -0.2) is 40.3 Å². The number of benzene rings is 1. The second-order valence-electron chi connectivity index (χ2n) is 6.61. The SMILES string of the molecule is CCOC(=O)Cc1c(CCC(=O)O)n(Cc2ccc(OC)cc2)c2ncccc12. The molecule has 2 heterocycles. The molecule has 0 spiro atoms. The molecular formula is C22H24N2O5. The van der Waals surface area contributed by atoms with Gasteiger partial charge in [-0.15, -0.1) is 0 Å². The third-order valence-electron chi connectivity index (χ3n) is 4.74. The van der Waals surface area contributed by atoms with Gasteiger partial charge < -0.3 is 19.1 Å². The van der Waals surface area contributed by atoms with E-state index in [1.165, 1.54) is 0 Å². The van der Waals surface area contributed by atoms with Gasteiger partial charge in [-0.25, -0.2) is 4.98 Å². The van der Waals surface area contributed by atoms with Crippen molar-refractivity contribution in [2.75, 3.05) is 13.7 Å². The number of carbonyl (C=O) groups excluding carboxylic acids is 1. The van der Waals surface area contributed by atoms with E-state index < -0.39 is 5.97 Å². The summed E-state index contributed by atoms with van der Waals surface area (Å²) in [6.45, 7) is 2.57. The Bertz CT molecular complexity index is 1010. The van der Waals surface area contributed by atoms with Gasteiger partial charge in [0.15, 0.2) is 0 Å². The lowest BCUT2D eigenvalue weighted by Crippen LogP contribution is -2.12. The van der Waals surface area contributed by atoms with Gasteiger partial charge in [-0.2, -0.15) is 0 Å². The second kappa shape index (κ2) is 9.23. The summed E-state index contributed by atoms with van der Waals surface area (Å²) >= 11 is 0. The molecule has 0 bridgehead atoms. The van der Waals surface area contributed by atoms with Crippen LogP contribution in [0.2, 0.25) is 0 Å². The minimum Gasteiger partial charge on any atom is -0.497 e. The van der Waals surface area contributed by atoms with E-state index in [0.29, 0.717) is 19.6 Å². The summed E-state index contributed by atoms with van der Waals surface area (Å²) in [5, 5.41) is 10.1. The summed E-state index contributed by atoms with van der Waals surface area (Å²) in [6.07, 6.45) is 2.05. The summed E-state index contributed by atoms with van der Waals surface area (Å²) in [4.78, 5) is 27.9. The summed E-state index contributed by atoms with van der Waals surface area (Å²) in [7, 11) is 1.62. The zero-order valence-electron chi connectivity index (χ0n) is 16.6. The molecule has 3 rings (SSSR count). The molecular weight excluding hydrogens is 372 g/mol. The first-order chi connectivity index (χ1) is 14.0. The number of hydrogen-bond donors (Lipinski definition) is 1. The van der Waals surface area contributed by atoms with Crippen LogP contribution in [0, 0.1) is 0 Å². The van der Waals surface area contributed by atoms with Gasteiger partial charge in [-0.1, -0.05) is 12.1 Å². The smallest absolute Gasteiger partial charge is 0.310 e. The molecule has 0 saturated carbocycles. The fraction of sp³-hybridized carbons (Fsp3) is 0.318. The Morgan fingerprint density at radius 2 is 1.93 bits per heavy atom. The van der Waals surface area contributed by atoms with Gasteiger partial charge in [0.2, 0.25) is 0 Å². The molecule has 0 fully saturated rings. The first-order valence-electron chi connectivity index (χ1n) is 9.48. The van der Waals surface area contributed by atoms with Crippen molar-refractivity contribution < 1.29 is 24.2 Å². The maximum atomic E-state index is 12.2. The van der Waals surface area contributed by atoms with Crippen molar-refractivity contribution in [1.82, 2.24) is 9.55 Å². The van der Waals surface area contributed by atoms with Crippen LogP contribution in [0.5, 0.6) is 5.75 Å². The fourth-order valence-electron chi connectivity index (χ4n) is 3.44. The van der Waals surface area contributed by atoms with E-state index in [1.807, 2.05) is 41.0 Å². The number of hydrogen-bond acceptors (Lipinski definition) is 5. The van der Waals surface area contributed by atoms with Gasteiger partial charge in [-0.3, -0.25) is 9.59 Å². The van der Waals surface area contributed by atoms with E-state index >= 15 is 0 Å². The summed E-state index contributed by atoms with van der Waals surface area (Å²) in [5.41, 5.74) is 3.32. The summed E-state index contributed by atoms with van der Waals surface area (Å²) in [5.74, 6) is -0.462. The number of aliphatic carboxylic acids is 1. The highest BCUT2D eigenvalue weighted by Gasteiger charge is 2.21. The van der Waals surface area contributed by atoms with Gasteiger partial charge in [0.05, 0.1) is 26.6 Å². The van der Waals surface area contributed by atoms with Crippen molar-refractivity contribution >= 4 is 23.0 Å². The van der Waals surface area contributed by atoms with Crippen LogP contribution in [-0.2, 0) is 33.7 Å². The molecule has 0 unspecified atom stereocenters. The molecule has 7 heteroatoms. The average Bonchev–Trinajstić information content (AvgIpc) is 3.00. The van der Waals surface area contributed by atoms with Crippen LogP contribution >= 0.6 is 0 Å². The molecule has 0 aliphatic heterocycles. The maximum absolute atomic E-state index is 12.2. The van der Waals surface area contributed by atoms with Crippen molar-refractivity contribution in [2.24, 2.45) is 0 Å². The fourth-order valence-corrected chi connectivity index (χ4v) is 3.44. The number of ether oxygens (including phenoxy) is 2. The van der Waals surface area contributed by atoms with Gasteiger partial charge in [0.1, 0.15) is 11.4 Å². The van der Waals surface area contributed by atoms with Crippen molar-refractivity contribution in [3.8, 4) is 5.75 Å². The number of carboxylic acids is 1. The van der Waals surface area contributed by atoms with Crippen molar-refractivity contribution in [3.05, 3.63) is 59.4 Å². The maximum Gasteiger partial charge on any atom is 0.310 e. The van der Waals surface area contributed by atoms with Crippen molar-refractivity contribution in [2.45, 2.75) is 32.7 Å². The van der Waals surface area contributed by atoms with Crippen molar-refractivity contribution in [1.29, 1.82) is 0 Å². The molecule has 2 aromatic heterocycles. The molecule has 1 N–H and O–H groups in total. The van der Waals surface area contributed by atoms with Gasteiger partial charge >= 0.3 is 11.9 Å². The van der Waals surface area contributed by atoms with Gasteiger partial charge in [0.25, 0.3) is 0 Å². The normalized spacial score (nSPS) is 10.8. The van der Waals surface area contributed by atoms with Gasteiger partial charge in [0, 0.05) is 23.8 Å². The predicted octanol–water partition coefficient (Wildman–Crippen LogP) is 3.22.